The summed E-state index contributed by atoms with van der Waals surface area (Å²) in [4.78, 5) is 2.47. The Morgan fingerprint density at radius 2 is 1.90 bits per heavy atom. The third-order valence-corrected chi connectivity index (χ3v) is 3.86. The highest BCUT2D eigenvalue weighted by Gasteiger charge is 2.24. The fourth-order valence-corrected chi connectivity index (χ4v) is 2.99. The third-order valence-electron chi connectivity index (χ3n) is 3.86. The van der Waals surface area contributed by atoms with Crippen LogP contribution < -0.4 is 10.2 Å². The molecule has 20 heavy (non-hydrogen) atoms. The van der Waals surface area contributed by atoms with Gasteiger partial charge in [-0.3, -0.25) is 0 Å². The largest absolute Gasteiger partial charge is 0.372 e. The summed E-state index contributed by atoms with van der Waals surface area (Å²) in [6, 6.07) is 9.14. The predicted octanol–water partition coefficient (Wildman–Crippen LogP) is 3.36. The van der Waals surface area contributed by atoms with Gasteiger partial charge in [0, 0.05) is 24.8 Å². The van der Waals surface area contributed by atoms with E-state index in [4.69, 9.17) is 4.74 Å². The number of para-hydroxylation sites is 1. The Labute approximate surface area is 123 Å². The van der Waals surface area contributed by atoms with E-state index in [1.54, 1.807) is 0 Å². The first-order chi connectivity index (χ1) is 9.61. The molecule has 1 heterocycles. The lowest BCUT2D eigenvalue weighted by Gasteiger charge is -2.38. The van der Waals surface area contributed by atoms with Gasteiger partial charge in [0.25, 0.3) is 0 Å². The number of rotatable bonds is 5. The molecule has 0 amide bonds. The lowest BCUT2D eigenvalue weighted by atomic mass is 10.0. The van der Waals surface area contributed by atoms with Gasteiger partial charge < -0.3 is 15.0 Å². The molecule has 0 aromatic heterocycles. The summed E-state index contributed by atoms with van der Waals surface area (Å²) in [5.74, 6) is 0. The van der Waals surface area contributed by atoms with Crippen molar-refractivity contribution in [3.8, 4) is 0 Å². The molecule has 1 N–H and O–H groups in total. The zero-order valence-corrected chi connectivity index (χ0v) is 13.2. The minimum atomic E-state index is 0.297. The molecule has 1 saturated heterocycles. The van der Waals surface area contributed by atoms with Crippen LogP contribution in [0.1, 0.15) is 45.7 Å². The first kappa shape index (κ1) is 15.3. The molecule has 0 bridgehead atoms. The summed E-state index contributed by atoms with van der Waals surface area (Å²) >= 11 is 0. The minimum Gasteiger partial charge on any atom is -0.372 e. The monoisotopic (exact) mass is 276 g/mol. The fourth-order valence-electron chi connectivity index (χ4n) is 2.99. The lowest BCUT2D eigenvalue weighted by Crippen LogP contribution is -2.46. The molecular formula is C17H28N2O. The second-order valence-electron chi connectivity index (χ2n) is 5.90. The Kier molecular flexibility index (Phi) is 5.44. The number of ether oxygens (including phenoxy) is 1. The van der Waals surface area contributed by atoms with Gasteiger partial charge >= 0.3 is 0 Å². The molecule has 1 aromatic carbocycles. The fraction of sp³-hybridized carbons (Fsp3) is 0.647. The van der Waals surface area contributed by atoms with Crippen molar-refractivity contribution in [1.82, 2.24) is 5.32 Å². The zero-order valence-electron chi connectivity index (χ0n) is 13.2. The van der Waals surface area contributed by atoms with Crippen LogP contribution in [-0.2, 0) is 4.74 Å². The van der Waals surface area contributed by atoms with Crippen molar-refractivity contribution in [1.29, 1.82) is 0 Å². The molecule has 1 aromatic rings. The molecule has 0 aliphatic carbocycles. The molecule has 112 valence electrons. The van der Waals surface area contributed by atoms with Crippen LogP contribution in [-0.4, -0.2) is 31.8 Å². The van der Waals surface area contributed by atoms with E-state index in [-0.39, 0.29) is 0 Å². The molecule has 2 rings (SSSR count). The third kappa shape index (κ3) is 3.74. The zero-order chi connectivity index (χ0) is 14.5. The van der Waals surface area contributed by atoms with Crippen LogP contribution in [0, 0.1) is 0 Å². The van der Waals surface area contributed by atoms with Crippen molar-refractivity contribution in [2.24, 2.45) is 0 Å². The smallest absolute Gasteiger partial charge is 0.0726 e. The summed E-state index contributed by atoms with van der Waals surface area (Å²) in [5, 5.41) is 3.59. The molecular weight excluding hydrogens is 248 g/mol. The average molecular weight is 276 g/mol. The van der Waals surface area contributed by atoms with Crippen LogP contribution in [0.3, 0.4) is 0 Å². The van der Waals surface area contributed by atoms with Gasteiger partial charge in [0.2, 0.25) is 0 Å². The molecule has 3 unspecified atom stereocenters. The van der Waals surface area contributed by atoms with Gasteiger partial charge in [-0.1, -0.05) is 25.1 Å². The number of nitrogens with zero attached hydrogens (tertiary/aromatic N) is 1. The molecule has 0 radical (unpaired) electrons. The number of benzene rings is 1. The Morgan fingerprint density at radius 1 is 1.25 bits per heavy atom. The van der Waals surface area contributed by atoms with Crippen molar-refractivity contribution < 1.29 is 4.74 Å². The van der Waals surface area contributed by atoms with Crippen molar-refractivity contribution in [2.45, 2.75) is 52.4 Å². The van der Waals surface area contributed by atoms with Gasteiger partial charge in [-0.2, -0.15) is 0 Å². The standard InChI is InChI=1S/C17H28N2O/c1-5-10-18-15(4)16-8-6-7-9-17(16)19-11-13(2)20-14(3)12-19/h6-9,13-15,18H,5,10-12H2,1-4H3. The molecule has 3 atom stereocenters. The summed E-state index contributed by atoms with van der Waals surface area (Å²) in [6.45, 7) is 11.8. The normalized spacial score (nSPS) is 24.7. The second-order valence-corrected chi connectivity index (χ2v) is 5.90. The van der Waals surface area contributed by atoms with Crippen LogP contribution in [0.25, 0.3) is 0 Å². The van der Waals surface area contributed by atoms with Crippen LogP contribution in [0.2, 0.25) is 0 Å². The molecule has 0 saturated carbocycles. The second kappa shape index (κ2) is 7.09. The van der Waals surface area contributed by atoms with Gasteiger partial charge in [0.05, 0.1) is 12.2 Å². The van der Waals surface area contributed by atoms with E-state index >= 15 is 0 Å². The summed E-state index contributed by atoms with van der Waals surface area (Å²) in [7, 11) is 0. The van der Waals surface area contributed by atoms with E-state index in [0.29, 0.717) is 18.2 Å². The van der Waals surface area contributed by atoms with Crippen molar-refractivity contribution in [2.75, 3.05) is 24.5 Å². The number of hydrogen-bond donors (Lipinski definition) is 1. The van der Waals surface area contributed by atoms with Crippen LogP contribution in [0.4, 0.5) is 5.69 Å². The molecule has 3 heteroatoms. The number of anilines is 1. The van der Waals surface area contributed by atoms with E-state index in [1.807, 2.05) is 0 Å². The summed E-state index contributed by atoms with van der Waals surface area (Å²) in [6.07, 6.45) is 1.76. The minimum absolute atomic E-state index is 0.297. The molecule has 1 fully saturated rings. The van der Waals surface area contributed by atoms with Gasteiger partial charge in [-0.25, -0.2) is 0 Å². The topological polar surface area (TPSA) is 24.5 Å². The van der Waals surface area contributed by atoms with E-state index in [1.165, 1.54) is 11.3 Å². The predicted molar refractivity (Wildman–Crippen MR) is 85.4 cm³/mol. The van der Waals surface area contributed by atoms with Crippen molar-refractivity contribution in [3.05, 3.63) is 29.8 Å². The maximum atomic E-state index is 5.85. The van der Waals surface area contributed by atoms with Crippen LogP contribution in [0.5, 0.6) is 0 Å². The SMILES string of the molecule is CCCNC(C)c1ccccc1N1CC(C)OC(C)C1. The van der Waals surface area contributed by atoms with E-state index in [9.17, 15) is 0 Å². The quantitative estimate of drug-likeness (QED) is 0.892. The molecule has 1 aliphatic rings. The van der Waals surface area contributed by atoms with Gasteiger partial charge in [0.1, 0.15) is 0 Å². The molecule has 0 spiro atoms. The number of hydrogen-bond acceptors (Lipinski definition) is 3. The molecule has 1 aliphatic heterocycles. The lowest BCUT2D eigenvalue weighted by molar-refractivity contribution is -0.00528. The van der Waals surface area contributed by atoms with Gasteiger partial charge in [-0.05, 0) is 45.4 Å². The van der Waals surface area contributed by atoms with Crippen LogP contribution in [0.15, 0.2) is 24.3 Å². The maximum absolute atomic E-state index is 5.85. The average Bonchev–Trinajstić information content (AvgIpc) is 2.43. The molecule has 3 nitrogen and oxygen atoms in total. The van der Waals surface area contributed by atoms with E-state index in [0.717, 1.165) is 26.1 Å². The number of nitrogens with one attached hydrogen (secondary N) is 1. The van der Waals surface area contributed by atoms with E-state index in [2.05, 4.69) is 62.2 Å². The summed E-state index contributed by atoms with van der Waals surface area (Å²) < 4.78 is 5.85. The van der Waals surface area contributed by atoms with E-state index < -0.39 is 0 Å². The Hall–Kier alpha value is -1.06. The highest BCUT2D eigenvalue weighted by Crippen LogP contribution is 2.28. The van der Waals surface area contributed by atoms with Gasteiger partial charge in [-0.15, -0.1) is 0 Å². The Bertz CT molecular complexity index is 411. The Morgan fingerprint density at radius 3 is 2.55 bits per heavy atom. The van der Waals surface area contributed by atoms with Crippen molar-refractivity contribution >= 4 is 5.69 Å². The Balaban J connectivity index is 2.18. The highest BCUT2D eigenvalue weighted by molar-refractivity contribution is 5.55. The maximum Gasteiger partial charge on any atom is 0.0726 e. The summed E-state index contributed by atoms with van der Waals surface area (Å²) in [5.41, 5.74) is 2.74. The van der Waals surface area contributed by atoms with Crippen LogP contribution >= 0.6 is 0 Å². The highest BCUT2D eigenvalue weighted by atomic mass is 16.5. The number of morpholine rings is 1. The first-order valence-corrected chi connectivity index (χ1v) is 7.84. The van der Waals surface area contributed by atoms with Crippen molar-refractivity contribution in [3.63, 3.8) is 0 Å². The first-order valence-electron chi connectivity index (χ1n) is 7.84. The van der Waals surface area contributed by atoms with Gasteiger partial charge in [0.15, 0.2) is 0 Å².